The summed E-state index contributed by atoms with van der Waals surface area (Å²) in [6.07, 6.45) is 3.27. The molecular formula is C12H16N4. The van der Waals surface area contributed by atoms with Crippen LogP contribution in [0.5, 0.6) is 0 Å². The molecule has 0 aliphatic heterocycles. The van der Waals surface area contributed by atoms with Gasteiger partial charge in [-0.1, -0.05) is 25.1 Å². The zero-order valence-corrected chi connectivity index (χ0v) is 9.59. The largest absolute Gasteiger partial charge is 0.310 e. The van der Waals surface area contributed by atoms with E-state index in [2.05, 4.69) is 41.4 Å². The van der Waals surface area contributed by atoms with Crippen molar-refractivity contribution in [2.45, 2.75) is 19.9 Å². The second kappa shape index (κ2) is 4.90. The van der Waals surface area contributed by atoms with Crippen molar-refractivity contribution in [1.29, 1.82) is 0 Å². The Morgan fingerprint density at radius 3 is 2.88 bits per heavy atom. The number of hydrogen-bond acceptors (Lipinski definition) is 3. The van der Waals surface area contributed by atoms with Gasteiger partial charge in [-0.2, -0.15) is 5.10 Å². The van der Waals surface area contributed by atoms with Crippen molar-refractivity contribution in [3.63, 3.8) is 0 Å². The van der Waals surface area contributed by atoms with Crippen LogP contribution in [0.3, 0.4) is 0 Å². The third kappa shape index (κ3) is 2.12. The van der Waals surface area contributed by atoms with Crippen molar-refractivity contribution in [2.75, 3.05) is 6.54 Å². The van der Waals surface area contributed by atoms with E-state index in [9.17, 15) is 0 Å². The van der Waals surface area contributed by atoms with Crippen LogP contribution < -0.4 is 5.32 Å². The molecule has 1 unspecified atom stereocenters. The lowest BCUT2D eigenvalue weighted by Gasteiger charge is -2.16. The van der Waals surface area contributed by atoms with Gasteiger partial charge >= 0.3 is 0 Å². The molecule has 1 aromatic heterocycles. The second-order valence-corrected chi connectivity index (χ2v) is 3.68. The Morgan fingerprint density at radius 1 is 1.38 bits per heavy atom. The number of rotatable bonds is 4. The van der Waals surface area contributed by atoms with Gasteiger partial charge in [0, 0.05) is 6.04 Å². The van der Waals surface area contributed by atoms with E-state index in [0.717, 1.165) is 12.2 Å². The fourth-order valence-corrected chi connectivity index (χ4v) is 1.81. The molecule has 4 heteroatoms. The number of para-hydroxylation sites is 1. The van der Waals surface area contributed by atoms with E-state index in [-0.39, 0.29) is 0 Å². The van der Waals surface area contributed by atoms with Crippen LogP contribution in [0.25, 0.3) is 5.69 Å². The van der Waals surface area contributed by atoms with Gasteiger partial charge in [0.2, 0.25) is 0 Å². The lowest BCUT2D eigenvalue weighted by molar-refractivity contribution is 0.593. The van der Waals surface area contributed by atoms with Crippen molar-refractivity contribution in [3.8, 4) is 5.69 Å². The molecule has 0 aliphatic carbocycles. The van der Waals surface area contributed by atoms with Crippen LogP contribution in [0.1, 0.15) is 25.5 Å². The molecule has 0 amide bonds. The Morgan fingerprint density at radius 2 is 2.19 bits per heavy atom. The molecule has 1 atom stereocenters. The highest BCUT2D eigenvalue weighted by Gasteiger charge is 2.10. The topological polar surface area (TPSA) is 42.7 Å². The van der Waals surface area contributed by atoms with Crippen molar-refractivity contribution < 1.29 is 0 Å². The SMILES string of the molecule is CCNC(C)c1ccccc1-n1cncn1. The summed E-state index contributed by atoms with van der Waals surface area (Å²) in [5.41, 5.74) is 2.31. The molecule has 0 aliphatic rings. The van der Waals surface area contributed by atoms with Gasteiger partial charge in [0.1, 0.15) is 12.7 Å². The molecule has 1 heterocycles. The maximum Gasteiger partial charge on any atom is 0.138 e. The van der Waals surface area contributed by atoms with Crippen LogP contribution in [-0.4, -0.2) is 21.3 Å². The van der Waals surface area contributed by atoms with Crippen LogP contribution >= 0.6 is 0 Å². The average molecular weight is 216 g/mol. The van der Waals surface area contributed by atoms with Crippen molar-refractivity contribution in [2.24, 2.45) is 0 Å². The number of nitrogens with zero attached hydrogens (tertiary/aromatic N) is 3. The summed E-state index contributed by atoms with van der Waals surface area (Å²) >= 11 is 0. The first kappa shape index (κ1) is 10.8. The third-order valence-electron chi connectivity index (χ3n) is 2.58. The van der Waals surface area contributed by atoms with Gasteiger partial charge in [-0.15, -0.1) is 0 Å². The minimum Gasteiger partial charge on any atom is -0.310 e. The highest BCUT2D eigenvalue weighted by atomic mass is 15.3. The molecule has 0 fully saturated rings. The molecule has 84 valence electrons. The van der Waals surface area contributed by atoms with Gasteiger partial charge in [-0.05, 0) is 25.1 Å². The predicted octanol–water partition coefficient (Wildman–Crippen LogP) is 1.94. The molecule has 2 rings (SSSR count). The quantitative estimate of drug-likeness (QED) is 0.849. The molecule has 4 nitrogen and oxygen atoms in total. The smallest absolute Gasteiger partial charge is 0.138 e. The van der Waals surface area contributed by atoms with E-state index in [1.165, 1.54) is 5.56 Å². The molecule has 0 radical (unpaired) electrons. The Hall–Kier alpha value is -1.68. The van der Waals surface area contributed by atoms with Gasteiger partial charge in [0.25, 0.3) is 0 Å². The Bertz CT molecular complexity index is 436. The Kier molecular flexibility index (Phi) is 3.31. The highest BCUT2D eigenvalue weighted by Crippen LogP contribution is 2.20. The molecule has 0 bridgehead atoms. The standard InChI is InChI=1S/C12H16N4/c1-3-14-10(2)11-6-4-5-7-12(11)16-9-13-8-15-16/h4-10,14H,3H2,1-2H3. The number of hydrogen-bond donors (Lipinski definition) is 1. The van der Waals surface area contributed by atoms with E-state index in [1.54, 1.807) is 17.3 Å². The highest BCUT2D eigenvalue weighted by molar-refractivity contribution is 5.41. The molecule has 1 N–H and O–H groups in total. The molecule has 0 saturated heterocycles. The van der Waals surface area contributed by atoms with Crippen LogP contribution in [0.15, 0.2) is 36.9 Å². The fourth-order valence-electron chi connectivity index (χ4n) is 1.81. The first-order valence-corrected chi connectivity index (χ1v) is 5.50. The fraction of sp³-hybridized carbons (Fsp3) is 0.333. The molecule has 0 saturated carbocycles. The maximum absolute atomic E-state index is 4.17. The second-order valence-electron chi connectivity index (χ2n) is 3.68. The summed E-state index contributed by atoms with van der Waals surface area (Å²) in [6.45, 7) is 5.21. The first-order chi connectivity index (χ1) is 7.83. The van der Waals surface area contributed by atoms with Crippen molar-refractivity contribution >= 4 is 0 Å². The van der Waals surface area contributed by atoms with Crippen LogP contribution in [0, 0.1) is 0 Å². The van der Waals surface area contributed by atoms with Gasteiger partial charge in [0.15, 0.2) is 0 Å². The molecule has 0 spiro atoms. The summed E-state index contributed by atoms with van der Waals surface area (Å²) in [6, 6.07) is 8.54. The summed E-state index contributed by atoms with van der Waals surface area (Å²) < 4.78 is 1.79. The van der Waals surface area contributed by atoms with Gasteiger partial charge < -0.3 is 5.32 Å². The van der Waals surface area contributed by atoms with Crippen LogP contribution in [-0.2, 0) is 0 Å². The van der Waals surface area contributed by atoms with Gasteiger partial charge in [0.05, 0.1) is 5.69 Å². The van der Waals surface area contributed by atoms with Gasteiger partial charge in [-0.25, -0.2) is 9.67 Å². The minimum absolute atomic E-state index is 0.311. The Balaban J connectivity index is 2.38. The van der Waals surface area contributed by atoms with E-state index in [4.69, 9.17) is 0 Å². The van der Waals surface area contributed by atoms with Crippen LogP contribution in [0.4, 0.5) is 0 Å². The summed E-state index contributed by atoms with van der Waals surface area (Å²) in [4.78, 5) is 3.98. The van der Waals surface area contributed by atoms with E-state index in [0.29, 0.717) is 6.04 Å². The maximum atomic E-state index is 4.17. The molecule has 1 aromatic carbocycles. The van der Waals surface area contributed by atoms with Crippen molar-refractivity contribution in [3.05, 3.63) is 42.5 Å². The van der Waals surface area contributed by atoms with E-state index >= 15 is 0 Å². The summed E-state index contributed by atoms with van der Waals surface area (Å²) in [5.74, 6) is 0. The van der Waals surface area contributed by atoms with E-state index in [1.807, 2.05) is 12.1 Å². The van der Waals surface area contributed by atoms with E-state index < -0.39 is 0 Å². The predicted molar refractivity (Wildman–Crippen MR) is 63.5 cm³/mol. The van der Waals surface area contributed by atoms with Crippen LogP contribution in [0.2, 0.25) is 0 Å². The molecular weight excluding hydrogens is 200 g/mol. The zero-order chi connectivity index (χ0) is 11.4. The van der Waals surface area contributed by atoms with Crippen molar-refractivity contribution in [1.82, 2.24) is 20.1 Å². The zero-order valence-electron chi connectivity index (χ0n) is 9.59. The lowest BCUT2D eigenvalue weighted by Crippen LogP contribution is -2.19. The summed E-state index contributed by atoms with van der Waals surface area (Å²) in [5, 5.41) is 7.57. The molecule has 2 aromatic rings. The monoisotopic (exact) mass is 216 g/mol. The number of benzene rings is 1. The number of nitrogens with one attached hydrogen (secondary N) is 1. The first-order valence-electron chi connectivity index (χ1n) is 5.50. The normalized spacial score (nSPS) is 12.6. The average Bonchev–Trinajstić information content (AvgIpc) is 2.83. The summed E-state index contributed by atoms with van der Waals surface area (Å²) in [7, 11) is 0. The lowest BCUT2D eigenvalue weighted by atomic mass is 10.1. The molecule has 16 heavy (non-hydrogen) atoms. The minimum atomic E-state index is 0.311. The van der Waals surface area contributed by atoms with Gasteiger partial charge in [-0.3, -0.25) is 0 Å². The third-order valence-corrected chi connectivity index (χ3v) is 2.58. The Labute approximate surface area is 95.3 Å². The number of aromatic nitrogens is 3.